The normalized spacial score (nSPS) is 14.2. The largest absolute Gasteiger partial charge is 0.486 e. The van der Waals surface area contributed by atoms with Crippen LogP contribution < -0.4 is 20.1 Å². The molecule has 122 valence electrons. The standard InChI is InChI=1S/C16H20N4O3/c1-3-20-10-13(9-17-20)19-16(21)18-11(2)12-4-5-14-15(8-12)23-7-6-22-14/h4-5,8-11H,3,6-7H2,1-2H3,(H2,18,19,21). The van der Waals surface area contributed by atoms with Gasteiger partial charge in [-0.1, -0.05) is 6.07 Å². The zero-order chi connectivity index (χ0) is 16.2. The van der Waals surface area contributed by atoms with Crippen LogP contribution in [-0.2, 0) is 6.54 Å². The number of urea groups is 1. The van der Waals surface area contributed by atoms with Crippen molar-refractivity contribution in [2.24, 2.45) is 0 Å². The second-order valence-corrected chi connectivity index (χ2v) is 5.31. The minimum atomic E-state index is -0.275. The Balaban J connectivity index is 1.61. The molecule has 0 spiro atoms. The molecular formula is C16H20N4O3. The second-order valence-electron chi connectivity index (χ2n) is 5.31. The Hall–Kier alpha value is -2.70. The fourth-order valence-electron chi connectivity index (χ4n) is 2.38. The molecule has 0 radical (unpaired) electrons. The first kappa shape index (κ1) is 15.2. The maximum Gasteiger partial charge on any atom is 0.319 e. The van der Waals surface area contributed by atoms with E-state index in [2.05, 4.69) is 15.7 Å². The third-order valence-electron chi connectivity index (χ3n) is 3.63. The lowest BCUT2D eigenvalue weighted by atomic mass is 10.1. The third kappa shape index (κ3) is 3.56. The predicted molar refractivity (Wildman–Crippen MR) is 85.9 cm³/mol. The lowest BCUT2D eigenvalue weighted by molar-refractivity contribution is 0.171. The third-order valence-corrected chi connectivity index (χ3v) is 3.63. The van der Waals surface area contributed by atoms with E-state index < -0.39 is 0 Å². The lowest BCUT2D eigenvalue weighted by Crippen LogP contribution is -2.31. The molecule has 1 aliphatic heterocycles. The number of hydrogen-bond donors (Lipinski definition) is 2. The van der Waals surface area contributed by atoms with Gasteiger partial charge < -0.3 is 20.1 Å². The van der Waals surface area contributed by atoms with Crippen LogP contribution in [0.5, 0.6) is 11.5 Å². The predicted octanol–water partition coefficient (Wildman–Crippen LogP) is 2.56. The Labute approximate surface area is 134 Å². The van der Waals surface area contributed by atoms with Crippen LogP contribution in [0, 0.1) is 0 Å². The Kier molecular flexibility index (Phi) is 4.36. The van der Waals surface area contributed by atoms with Crippen molar-refractivity contribution < 1.29 is 14.3 Å². The van der Waals surface area contributed by atoms with Crippen LogP contribution >= 0.6 is 0 Å². The van der Waals surface area contributed by atoms with Gasteiger partial charge in [0.15, 0.2) is 11.5 Å². The highest BCUT2D eigenvalue weighted by Gasteiger charge is 2.16. The van der Waals surface area contributed by atoms with Crippen LogP contribution in [0.15, 0.2) is 30.6 Å². The summed E-state index contributed by atoms with van der Waals surface area (Å²) in [6.07, 6.45) is 3.41. The minimum Gasteiger partial charge on any atom is -0.486 e. The van der Waals surface area contributed by atoms with Crippen molar-refractivity contribution in [2.45, 2.75) is 26.4 Å². The average Bonchev–Trinajstić information content (AvgIpc) is 3.01. The number of rotatable bonds is 4. The summed E-state index contributed by atoms with van der Waals surface area (Å²) in [4.78, 5) is 12.1. The van der Waals surface area contributed by atoms with Gasteiger partial charge in [-0.15, -0.1) is 0 Å². The molecule has 0 saturated carbocycles. The summed E-state index contributed by atoms with van der Waals surface area (Å²) >= 11 is 0. The maximum atomic E-state index is 12.1. The van der Waals surface area contributed by atoms with Gasteiger partial charge in [-0.25, -0.2) is 4.79 Å². The number of hydrogen-bond acceptors (Lipinski definition) is 4. The summed E-state index contributed by atoms with van der Waals surface area (Å²) in [6.45, 7) is 5.77. The zero-order valence-electron chi connectivity index (χ0n) is 13.2. The van der Waals surface area contributed by atoms with E-state index in [4.69, 9.17) is 9.47 Å². The monoisotopic (exact) mass is 316 g/mol. The highest BCUT2D eigenvalue weighted by molar-refractivity contribution is 5.89. The molecule has 23 heavy (non-hydrogen) atoms. The van der Waals surface area contributed by atoms with Gasteiger partial charge in [0.2, 0.25) is 0 Å². The van der Waals surface area contributed by atoms with E-state index in [9.17, 15) is 4.79 Å². The van der Waals surface area contributed by atoms with Gasteiger partial charge in [0.1, 0.15) is 13.2 Å². The van der Waals surface area contributed by atoms with E-state index in [0.717, 1.165) is 17.9 Å². The first-order chi connectivity index (χ1) is 11.2. The number of nitrogens with one attached hydrogen (secondary N) is 2. The summed E-state index contributed by atoms with van der Waals surface area (Å²) in [5.41, 5.74) is 1.62. The van der Waals surface area contributed by atoms with Crippen molar-refractivity contribution in [1.82, 2.24) is 15.1 Å². The van der Waals surface area contributed by atoms with Crippen molar-refractivity contribution in [2.75, 3.05) is 18.5 Å². The molecule has 0 bridgehead atoms. The van der Waals surface area contributed by atoms with Crippen molar-refractivity contribution in [3.05, 3.63) is 36.2 Å². The molecule has 3 rings (SSSR count). The zero-order valence-corrected chi connectivity index (χ0v) is 13.2. The molecule has 7 heteroatoms. The summed E-state index contributed by atoms with van der Waals surface area (Å²) in [7, 11) is 0. The smallest absolute Gasteiger partial charge is 0.319 e. The number of benzene rings is 1. The van der Waals surface area contributed by atoms with Gasteiger partial charge in [-0.05, 0) is 31.5 Å². The lowest BCUT2D eigenvalue weighted by Gasteiger charge is -2.21. The topological polar surface area (TPSA) is 77.4 Å². The van der Waals surface area contributed by atoms with Gasteiger partial charge in [0, 0.05) is 12.7 Å². The van der Waals surface area contributed by atoms with Crippen LogP contribution in [0.1, 0.15) is 25.5 Å². The molecular weight excluding hydrogens is 296 g/mol. The fraction of sp³-hybridized carbons (Fsp3) is 0.375. The Morgan fingerprint density at radius 1 is 1.35 bits per heavy atom. The van der Waals surface area contributed by atoms with Crippen LogP contribution in [0.3, 0.4) is 0 Å². The van der Waals surface area contributed by atoms with Gasteiger partial charge in [0.25, 0.3) is 0 Å². The van der Waals surface area contributed by atoms with Gasteiger partial charge in [-0.2, -0.15) is 5.10 Å². The quantitative estimate of drug-likeness (QED) is 0.909. The highest BCUT2D eigenvalue weighted by Crippen LogP contribution is 2.32. The maximum absolute atomic E-state index is 12.1. The molecule has 0 aliphatic carbocycles. The van der Waals surface area contributed by atoms with Gasteiger partial charge >= 0.3 is 6.03 Å². The average molecular weight is 316 g/mol. The van der Waals surface area contributed by atoms with Gasteiger partial charge in [0.05, 0.1) is 17.9 Å². The van der Waals surface area contributed by atoms with Crippen LogP contribution in [0.4, 0.5) is 10.5 Å². The number of carbonyl (C=O) groups excluding carboxylic acids is 1. The van der Waals surface area contributed by atoms with E-state index in [1.54, 1.807) is 17.1 Å². The molecule has 0 saturated heterocycles. The Bertz CT molecular complexity index is 698. The summed E-state index contributed by atoms with van der Waals surface area (Å²) in [5, 5.41) is 9.78. The molecule has 1 aromatic heterocycles. The molecule has 1 unspecified atom stereocenters. The van der Waals surface area contributed by atoms with Crippen molar-refractivity contribution in [1.29, 1.82) is 0 Å². The highest BCUT2D eigenvalue weighted by atomic mass is 16.6. The molecule has 1 aliphatic rings. The number of fused-ring (bicyclic) bond motifs is 1. The van der Waals surface area contributed by atoms with Crippen LogP contribution in [0.2, 0.25) is 0 Å². The summed E-state index contributed by atoms with van der Waals surface area (Å²) in [6, 6.07) is 5.25. The molecule has 7 nitrogen and oxygen atoms in total. The van der Waals surface area contributed by atoms with E-state index in [-0.39, 0.29) is 12.1 Å². The van der Waals surface area contributed by atoms with E-state index in [1.807, 2.05) is 32.0 Å². The fourth-order valence-corrected chi connectivity index (χ4v) is 2.38. The van der Waals surface area contributed by atoms with Crippen LogP contribution in [0.25, 0.3) is 0 Å². The number of ether oxygens (including phenoxy) is 2. The van der Waals surface area contributed by atoms with Gasteiger partial charge in [-0.3, -0.25) is 4.68 Å². The SMILES string of the molecule is CCn1cc(NC(=O)NC(C)c2ccc3c(c2)OCCO3)cn1. The first-order valence-corrected chi connectivity index (χ1v) is 7.65. The number of anilines is 1. The summed E-state index contributed by atoms with van der Waals surface area (Å²) < 4.78 is 12.8. The number of aromatic nitrogens is 2. The number of aryl methyl sites for hydroxylation is 1. The molecule has 0 fully saturated rings. The number of amides is 2. The first-order valence-electron chi connectivity index (χ1n) is 7.65. The minimum absolute atomic E-state index is 0.160. The number of nitrogens with zero attached hydrogens (tertiary/aromatic N) is 2. The van der Waals surface area contributed by atoms with Crippen molar-refractivity contribution in [3.63, 3.8) is 0 Å². The molecule has 2 amide bonds. The molecule has 2 heterocycles. The van der Waals surface area contributed by atoms with E-state index in [1.165, 1.54) is 0 Å². The van der Waals surface area contributed by atoms with Crippen molar-refractivity contribution in [3.8, 4) is 11.5 Å². The van der Waals surface area contributed by atoms with E-state index >= 15 is 0 Å². The Morgan fingerprint density at radius 3 is 2.87 bits per heavy atom. The second kappa shape index (κ2) is 6.60. The molecule has 1 aromatic carbocycles. The molecule has 1 atom stereocenters. The number of carbonyl (C=O) groups is 1. The summed E-state index contributed by atoms with van der Waals surface area (Å²) in [5.74, 6) is 1.45. The van der Waals surface area contributed by atoms with Crippen LogP contribution in [-0.4, -0.2) is 29.0 Å². The van der Waals surface area contributed by atoms with E-state index in [0.29, 0.717) is 24.7 Å². The molecule has 2 aromatic rings. The Morgan fingerprint density at radius 2 is 2.13 bits per heavy atom. The van der Waals surface area contributed by atoms with Crippen molar-refractivity contribution >= 4 is 11.7 Å². The molecule has 2 N–H and O–H groups in total.